The summed E-state index contributed by atoms with van der Waals surface area (Å²) in [6.45, 7) is 2.07. The fraction of sp³-hybridized carbons (Fsp3) is 0.385. The van der Waals surface area contributed by atoms with E-state index in [9.17, 15) is 4.79 Å². The minimum atomic E-state index is -0.0367. The lowest BCUT2D eigenvalue weighted by Crippen LogP contribution is -2.43. The molecule has 0 radical (unpaired) electrons. The summed E-state index contributed by atoms with van der Waals surface area (Å²) in [5, 5.41) is 19.8. The molecule has 1 aliphatic heterocycles. The number of aromatic nitrogens is 4. The average Bonchev–Trinajstić information content (AvgIpc) is 3.03. The highest BCUT2D eigenvalue weighted by atomic mass is 16.5. The van der Waals surface area contributed by atoms with Crippen molar-refractivity contribution >= 4 is 11.6 Å². The van der Waals surface area contributed by atoms with E-state index in [0.29, 0.717) is 25.5 Å². The number of rotatable bonds is 4. The van der Waals surface area contributed by atoms with Crippen LogP contribution in [0, 0.1) is 0 Å². The van der Waals surface area contributed by atoms with Gasteiger partial charge in [-0.1, -0.05) is 0 Å². The number of nitrogens with one attached hydrogen (secondary N) is 3. The van der Waals surface area contributed by atoms with E-state index < -0.39 is 0 Å². The van der Waals surface area contributed by atoms with Gasteiger partial charge in [0, 0.05) is 30.3 Å². The molecular weight excluding hydrogens is 272 g/mol. The lowest BCUT2D eigenvalue weighted by atomic mass is 10.1. The highest BCUT2D eigenvalue weighted by Gasteiger charge is 2.16. The van der Waals surface area contributed by atoms with Crippen LogP contribution in [0.25, 0.3) is 11.4 Å². The van der Waals surface area contributed by atoms with E-state index in [4.69, 9.17) is 4.74 Å². The van der Waals surface area contributed by atoms with Crippen LogP contribution in [0.3, 0.4) is 0 Å². The number of anilines is 1. The van der Waals surface area contributed by atoms with Crippen molar-refractivity contribution in [2.45, 2.75) is 12.5 Å². The van der Waals surface area contributed by atoms with Gasteiger partial charge in [-0.25, -0.2) is 0 Å². The number of hydrogen-bond acceptors (Lipinski definition) is 6. The number of benzene rings is 1. The van der Waals surface area contributed by atoms with Gasteiger partial charge in [0.1, 0.15) is 0 Å². The summed E-state index contributed by atoms with van der Waals surface area (Å²) >= 11 is 0. The van der Waals surface area contributed by atoms with E-state index in [1.54, 1.807) is 0 Å². The number of H-pyrrole nitrogens is 1. The van der Waals surface area contributed by atoms with Gasteiger partial charge in [-0.3, -0.25) is 4.79 Å². The fourth-order valence-corrected chi connectivity index (χ4v) is 2.17. The predicted molar refractivity (Wildman–Crippen MR) is 75.5 cm³/mol. The normalized spacial score (nSPS) is 18.4. The monoisotopic (exact) mass is 288 g/mol. The van der Waals surface area contributed by atoms with Crippen LogP contribution in [0.5, 0.6) is 0 Å². The second-order valence-corrected chi connectivity index (χ2v) is 4.79. The molecule has 1 fully saturated rings. The molecule has 1 aromatic heterocycles. The first-order valence-electron chi connectivity index (χ1n) is 6.76. The number of morpholine rings is 1. The molecular formula is C13H16N6O2. The fourth-order valence-electron chi connectivity index (χ4n) is 2.17. The first-order valence-corrected chi connectivity index (χ1v) is 6.76. The van der Waals surface area contributed by atoms with Crippen LogP contribution in [-0.4, -0.2) is 52.3 Å². The van der Waals surface area contributed by atoms with Gasteiger partial charge in [0.25, 0.3) is 0 Å². The zero-order valence-corrected chi connectivity index (χ0v) is 11.4. The lowest BCUT2D eigenvalue weighted by Gasteiger charge is -2.23. The van der Waals surface area contributed by atoms with Gasteiger partial charge in [0.05, 0.1) is 13.2 Å². The molecule has 2 heterocycles. The molecule has 1 aliphatic rings. The predicted octanol–water partition coefficient (Wildman–Crippen LogP) is 0.184. The van der Waals surface area contributed by atoms with Crippen molar-refractivity contribution in [3.63, 3.8) is 0 Å². The molecule has 1 amide bonds. The molecule has 1 atom stereocenters. The van der Waals surface area contributed by atoms with Gasteiger partial charge >= 0.3 is 0 Å². The number of amides is 1. The Balaban J connectivity index is 1.56. The summed E-state index contributed by atoms with van der Waals surface area (Å²) in [5.41, 5.74) is 1.58. The zero-order chi connectivity index (χ0) is 14.5. The molecule has 8 heteroatoms. The van der Waals surface area contributed by atoms with Crippen LogP contribution in [0.1, 0.15) is 6.42 Å². The van der Waals surface area contributed by atoms with Crippen molar-refractivity contribution in [3.05, 3.63) is 24.3 Å². The number of ether oxygens (including phenoxy) is 1. The SMILES string of the molecule is O=C(CC1COCCN1)Nc1ccc(-c2nn[nH]n2)cc1. The second kappa shape index (κ2) is 6.42. The largest absolute Gasteiger partial charge is 0.378 e. The second-order valence-electron chi connectivity index (χ2n) is 4.79. The van der Waals surface area contributed by atoms with Crippen molar-refractivity contribution in [2.24, 2.45) is 0 Å². The maximum absolute atomic E-state index is 11.9. The van der Waals surface area contributed by atoms with Crippen LogP contribution in [0.4, 0.5) is 5.69 Å². The summed E-state index contributed by atoms with van der Waals surface area (Å²) in [6.07, 6.45) is 0.395. The van der Waals surface area contributed by atoms with Crippen LogP contribution >= 0.6 is 0 Å². The molecule has 1 aromatic carbocycles. The van der Waals surface area contributed by atoms with E-state index in [1.165, 1.54) is 0 Å². The van der Waals surface area contributed by atoms with Crippen molar-refractivity contribution in [1.82, 2.24) is 25.9 Å². The molecule has 110 valence electrons. The molecule has 21 heavy (non-hydrogen) atoms. The lowest BCUT2D eigenvalue weighted by molar-refractivity contribution is -0.117. The van der Waals surface area contributed by atoms with Gasteiger partial charge in [0.2, 0.25) is 11.7 Å². The van der Waals surface area contributed by atoms with Gasteiger partial charge in [-0.05, 0) is 29.5 Å². The molecule has 0 spiro atoms. The Morgan fingerprint density at radius 3 is 2.90 bits per heavy atom. The molecule has 2 aromatic rings. The Morgan fingerprint density at radius 2 is 2.24 bits per heavy atom. The van der Waals surface area contributed by atoms with E-state index >= 15 is 0 Å². The Labute approximate surface area is 121 Å². The first-order chi connectivity index (χ1) is 10.3. The van der Waals surface area contributed by atoms with Crippen LogP contribution in [-0.2, 0) is 9.53 Å². The third-order valence-electron chi connectivity index (χ3n) is 3.20. The third-order valence-corrected chi connectivity index (χ3v) is 3.20. The third kappa shape index (κ3) is 3.61. The highest BCUT2D eigenvalue weighted by Crippen LogP contribution is 2.17. The van der Waals surface area contributed by atoms with Crippen LogP contribution in [0.15, 0.2) is 24.3 Å². The Hall–Kier alpha value is -2.32. The van der Waals surface area contributed by atoms with E-state index in [0.717, 1.165) is 17.8 Å². The summed E-state index contributed by atoms with van der Waals surface area (Å²) in [5.74, 6) is 0.488. The highest BCUT2D eigenvalue weighted by molar-refractivity contribution is 5.91. The van der Waals surface area contributed by atoms with E-state index in [-0.39, 0.29) is 11.9 Å². The smallest absolute Gasteiger partial charge is 0.226 e. The molecule has 0 saturated carbocycles. The van der Waals surface area contributed by atoms with E-state index in [1.807, 2.05) is 24.3 Å². The standard InChI is InChI=1S/C13H16N6O2/c20-12(7-11-8-21-6-5-14-11)15-10-3-1-9(2-4-10)13-16-18-19-17-13/h1-4,11,14H,5-8H2,(H,15,20)(H,16,17,18,19). The minimum Gasteiger partial charge on any atom is -0.378 e. The number of carbonyl (C=O) groups is 1. The number of aromatic amines is 1. The van der Waals surface area contributed by atoms with Gasteiger partial charge < -0.3 is 15.4 Å². The molecule has 8 nitrogen and oxygen atoms in total. The average molecular weight is 288 g/mol. The van der Waals surface area contributed by atoms with Gasteiger partial charge in [-0.15, -0.1) is 10.2 Å². The maximum Gasteiger partial charge on any atom is 0.226 e. The Kier molecular flexibility index (Phi) is 4.17. The van der Waals surface area contributed by atoms with Crippen LogP contribution in [0.2, 0.25) is 0 Å². The van der Waals surface area contributed by atoms with Crippen molar-refractivity contribution in [2.75, 3.05) is 25.1 Å². The number of hydrogen-bond donors (Lipinski definition) is 3. The summed E-state index contributed by atoms with van der Waals surface area (Å²) < 4.78 is 5.32. The van der Waals surface area contributed by atoms with Crippen LogP contribution < -0.4 is 10.6 Å². The zero-order valence-electron chi connectivity index (χ0n) is 11.4. The molecule has 0 aliphatic carbocycles. The summed E-state index contributed by atoms with van der Waals surface area (Å²) in [4.78, 5) is 11.9. The summed E-state index contributed by atoms with van der Waals surface area (Å²) in [7, 11) is 0. The molecule has 3 N–H and O–H groups in total. The maximum atomic E-state index is 11.9. The summed E-state index contributed by atoms with van der Waals surface area (Å²) in [6, 6.07) is 7.38. The topological polar surface area (TPSA) is 105 Å². The van der Waals surface area contributed by atoms with Gasteiger partial charge in [0.15, 0.2) is 0 Å². The molecule has 3 rings (SSSR count). The molecule has 1 unspecified atom stereocenters. The quantitative estimate of drug-likeness (QED) is 0.741. The van der Waals surface area contributed by atoms with Crippen molar-refractivity contribution < 1.29 is 9.53 Å². The van der Waals surface area contributed by atoms with Crippen molar-refractivity contribution in [3.8, 4) is 11.4 Å². The number of carbonyl (C=O) groups excluding carboxylic acids is 1. The first kappa shape index (κ1) is 13.7. The van der Waals surface area contributed by atoms with E-state index in [2.05, 4.69) is 31.3 Å². The Bertz CT molecular complexity index is 577. The van der Waals surface area contributed by atoms with Gasteiger partial charge in [-0.2, -0.15) is 5.21 Å². The number of nitrogens with zero attached hydrogens (tertiary/aromatic N) is 3. The van der Waals surface area contributed by atoms with Crippen molar-refractivity contribution in [1.29, 1.82) is 0 Å². The minimum absolute atomic E-state index is 0.0367. The number of tetrazole rings is 1. The Morgan fingerprint density at radius 1 is 1.38 bits per heavy atom. The molecule has 1 saturated heterocycles. The molecule has 0 bridgehead atoms.